The highest BCUT2D eigenvalue weighted by molar-refractivity contribution is 5.54. The molecule has 64 valence electrons. The molecule has 0 unspecified atom stereocenters. The van der Waals surface area contributed by atoms with Gasteiger partial charge in [0.2, 0.25) is 0 Å². The Morgan fingerprint density at radius 3 is 2.73 bits per heavy atom. The van der Waals surface area contributed by atoms with Crippen LogP contribution in [-0.2, 0) is 9.53 Å². The molecule has 0 bridgehead atoms. The molecule has 0 amide bonds. The quantitative estimate of drug-likeness (QED) is 0.560. The Bertz CT molecular complexity index is 153. The van der Waals surface area contributed by atoms with Gasteiger partial charge >= 0.3 is 0 Å². The first-order chi connectivity index (χ1) is 5.05. The number of hydrogen-bond donors (Lipinski definition) is 1. The maximum absolute atomic E-state index is 10.3. The second-order valence-electron chi connectivity index (χ2n) is 3.64. The highest BCUT2D eigenvalue weighted by atomic mass is 16.5. The molecular formula is C8H14O3. The zero-order valence-electron chi connectivity index (χ0n) is 6.91. The lowest BCUT2D eigenvalue weighted by Gasteiger charge is -2.36. The molecule has 3 nitrogen and oxygen atoms in total. The summed E-state index contributed by atoms with van der Waals surface area (Å²) in [5.41, 5.74) is -0.279. The van der Waals surface area contributed by atoms with E-state index < -0.39 is 6.10 Å². The molecule has 1 aliphatic rings. The third-order valence-corrected chi connectivity index (χ3v) is 2.04. The van der Waals surface area contributed by atoms with E-state index >= 15 is 0 Å². The summed E-state index contributed by atoms with van der Waals surface area (Å²) in [4.78, 5) is 10.3. The van der Waals surface area contributed by atoms with Crippen molar-refractivity contribution in [3.05, 3.63) is 0 Å². The molecule has 0 aliphatic carbocycles. The Morgan fingerprint density at radius 1 is 1.64 bits per heavy atom. The van der Waals surface area contributed by atoms with Crippen molar-refractivity contribution in [3.63, 3.8) is 0 Å². The van der Waals surface area contributed by atoms with Crippen LogP contribution in [0.4, 0.5) is 0 Å². The van der Waals surface area contributed by atoms with Crippen LogP contribution in [0, 0.1) is 5.92 Å². The highest BCUT2D eigenvalue weighted by Crippen LogP contribution is 2.26. The van der Waals surface area contributed by atoms with Crippen molar-refractivity contribution in [1.82, 2.24) is 0 Å². The average Bonchev–Trinajstić information content (AvgIpc) is 1.86. The molecule has 1 rings (SSSR count). The van der Waals surface area contributed by atoms with Gasteiger partial charge in [0.05, 0.1) is 24.2 Å². The van der Waals surface area contributed by atoms with E-state index in [2.05, 4.69) is 0 Å². The lowest BCUT2D eigenvalue weighted by molar-refractivity contribution is -0.143. The third-order valence-electron chi connectivity index (χ3n) is 2.04. The van der Waals surface area contributed by atoms with Gasteiger partial charge in [-0.15, -0.1) is 0 Å². The molecule has 1 fully saturated rings. The van der Waals surface area contributed by atoms with Crippen molar-refractivity contribution < 1.29 is 14.6 Å². The van der Waals surface area contributed by atoms with Crippen LogP contribution >= 0.6 is 0 Å². The molecule has 1 N–H and O–H groups in total. The van der Waals surface area contributed by atoms with Gasteiger partial charge in [-0.25, -0.2) is 0 Å². The monoisotopic (exact) mass is 158 g/mol. The van der Waals surface area contributed by atoms with Gasteiger partial charge in [0.15, 0.2) is 0 Å². The standard InChI is InChI=1S/C8H14O3/c1-8(2)3-7(10)6(4-9)5-11-8/h4,6-7,10H,3,5H2,1-2H3/t6-,7-/m0/s1. The molecule has 1 saturated heterocycles. The summed E-state index contributed by atoms with van der Waals surface area (Å²) in [6.45, 7) is 4.17. The van der Waals surface area contributed by atoms with Gasteiger partial charge in [-0.3, -0.25) is 0 Å². The number of carbonyl (C=O) groups is 1. The molecule has 0 aromatic heterocycles. The SMILES string of the molecule is CC1(C)C[C@H](O)[C@@H](C=O)CO1. The summed E-state index contributed by atoms with van der Waals surface area (Å²) in [5, 5.41) is 9.39. The van der Waals surface area contributed by atoms with E-state index in [0.29, 0.717) is 13.0 Å². The predicted molar refractivity (Wildman–Crippen MR) is 40.2 cm³/mol. The van der Waals surface area contributed by atoms with Gasteiger partial charge < -0.3 is 14.6 Å². The van der Waals surface area contributed by atoms with Gasteiger partial charge in [-0.2, -0.15) is 0 Å². The maximum atomic E-state index is 10.3. The summed E-state index contributed by atoms with van der Waals surface area (Å²) in [5.74, 6) is -0.331. The van der Waals surface area contributed by atoms with E-state index in [4.69, 9.17) is 4.74 Å². The number of aliphatic hydroxyl groups excluding tert-OH is 1. The number of ether oxygens (including phenoxy) is 1. The van der Waals surface area contributed by atoms with Crippen LogP contribution in [0.2, 0.25) is 0 Å². The van der Waals surface area contributed by atoms with E-state index in [-0.39, 0.29) is 11.5 Å². The fourth-order valence-electron chi connectivity index (χ4n) is 1.28. The average molecular weight is 158 g/mol. The molecule has 0 spiro atoms. The first-order valence-electron chi connectivity index (χ1n) is 3.82. The maximum Gasteiger partial charge on any atom is 0.127 e. The summed E-state index contributed by atoms with van der Waals surface area (Å²) >= 11 is 0. The van der Waals surface area contributed by atoms with E-state index in [1.807, 2.05) is 13.8 Å². The van der Waals surface area contributed by atoms with Gasteiger partial charge in [-0.05, 0) is 13.8 Å². The minimum Gasteiger partial charge on any atom is -0.392 e. The molecule has 0 saturated carbocycles. The second-order valence-corrected chi connectivity index (χ2v) is 3.64. The van der Waals surface area contributed by atoms with Crippen molar-refractivity contribution in [2.45, 2.75) is 32.0 Å². The topological polar surface area (TPSA) is 46.5 Å². The Morgan fingerprint density at radius 2 is 2.27 bits per heavy atom. The summed E-state index contributed by atoms with van der Waals surface area (Å²) in [6.07, 6.45) is 0.771. The molecule has 11 heavy (non-hydrogen) atoms. The summed E-state index contributed by atoms with van der Waals surface area (Å²) in [6, 6.07) is 0. The molecule has 1 aliphatic heterocycles. The number of aliphatic hydroxyl groups is 1. The van der Waals surface area contributed by atoms with Gasteiger partial charge in [0.1, 0.15) is 6.29 Å². The lowest BCUT2D eigenvalue weighted by Crippen LogP contribution is -2.43. The molecule has 0 aromatic rings. The van der Waals surface area contributed by atoms with Crippen molar-refractivity contribution in [2.24, 2.45) is 5.92 Å². The Hall–Kier alpha value is -0.410. The smallest absolute Gasteiger partial charge is 0.127 e. The number of hydrogen-bond acceptors (Lipinski definition) is 3. The zero-order chi connectivity index (χ0) is 8.48. The first-order valence-corrected chi connectivity index (χ1v) is 3.82. The second kappa shape index (κ2) is 2.91. The predicted octanol–water partition coefficient (Wildman–Crippen LogP) is 0.361. The van der Waals surface area contributed by atoms with Crippen LogP contribution < -0.4 is 0 Å². The van der Waals surface area contributed by atoms with Crippen molar-refractivity contribution in [1.29, 1.82) is 0 Å². The fraction of sp³-hybridized carbons (Fsp3) is 0.875. The van der Waals surface area contributed by atoms with Crippen LogP contribution in [0.3, 0.4) is 0 Å². The van der Waals surface area contributed by atoms with Gasteiger partial charge in [-0.1, -0.05) is 0 Å². The summed E-state index contributed by atoms with van der Waals surface area (Å²) < 4.78 is 5.35. The van der Waals surface area contributed by atoms with Crippen molar-refractivity contribution >= 4 is 6.29 Å². The number of aldehydes is 1. The zero-order valence-corrected chi connectivity index (χ0v) is 6.91. The minimum absolute atomic E-state index is 0.279. The molecular weight excluding hydrogens is 144 g/mol. The van der Waals surface area contributed by atoms with E-state index in [0.717, 1.165) is 6.29 Å². The molecule has 1 heterocycles. The minimum atomic E-state index is -0.531. The molecule has 0 radical (unpaired) electrons. The van der Waals surface area contributed by atoms with E-state index in [1.165, 1.54) is 0 Å². The summed E-state index contributed by atoms with van der Waals surface area (Å²) in [7, 11) is 0. The van der Waals surface area contributed by atoms with Crippen LogP contribution in [0.25, 0.3) is 0 Å². The third kappa shape index (κ3) is 2.01. The van der Waals surface area contributed by atoms with Crippen LogP contribution in [-0.4, -0.2) is 29.7 Å². The Balaban J connectivity index is 2.54. The lowest BCUT2D eigenvalue weighted by atomic mass is 9.90. The molecule has 0 aromatic carbocycles. The van der Waals surface area contributed by atoms with Crippen LogP contribution in [0.15, 0.2) is 0 Å². The fourth-order valence-corrected chi connectivity index (χ4v) is 1.28. The van der Waals surface area contributed by atoms with Crippen molar-refractivity contribution in [3.8, 4) is 0 Å². The van der Waals surface area contributed by atoms with E-state index in [9.17, 15) is 9.90 Å². The number of carbonyl (C=O) groups excluding carboxylic acids is 1. The highest BCUT2D eigenvalue weighted by Gasteiger charge is 2.34. The molecule has 2 atom stereocenters. The van der Waals surface area contributed by atoms with Gasteiger partial charge in [0, 0.05) is 6.42 Å². The van der Waals surface area contributed by atoms with Crippen molar-refractivity contribution in [2.75, 3.05) is 6.61 Å². The Labute approximate surface area is 66.4 Å². The van der Waals surface area contributed by atoms with E-state index in [1.54, 1.807) is 0 Å². The molecule has 3 heteroatoms. The largest absolute Gasteiger partial charge is 0.392 e. The van der Waals surface area contributed by atoms with Crippen LogP contribution in [0.1, 0.15) is 20.3 Å². The number of rotatable bonds is 1. The first kappa shape index (κ1) is 8.68. The normalized spacial score (nSPS) is 36.6. The van der Waals surface area contributed by atoms with Crippen LogP contribution in [0.5, 0.6) is 0 Å². The van der Waals surface area contributed by atoms with Gasteiger partial charge in [0.25, 0.3) is 0 Å². The Kier molecular flexibility index (Phi) is 2.30.